The summed E-state index contributed by atoms with van der Waals surface area (Å²) in [6, 6.07) is 8.22. The quantitative estimate of drug-likeness (QED) is 0.839. The second-order valence-electron chi connectivity index (χ2n) is 4.66. The van der Waals surface area contributed by atoms with Crippen LogP contribution in [0.15, 0.2) is 24.3 Å². The first-order chi connectivity index (χ1) is 8.29. The van der Waals surface area contributed by atoms with Crippen molar-refractivity contribution in [2.75, 3.05) is 19.9 Å². The lowest BCUT2D eigenvalue weighted by molar-refractivity contribution is 0.343. The Hall–Kier alpha value is -0.670. The average molecular weight is 251 g/mol. The topological polar surface area (TPSA) is 21.3 Å². The van der Waals surface area contributed by atoms with E-state index in [1.54, 1.807) is 7.11 Å². The highest BCUT2D eigenvalue weighted by Gasteiger charge is 2.35. The average Bonchev–Trinajstić information content (AvgIpc) is 2.33. The van der Waals surface area contributed by atoms with Gasteiger partial charge in [0, 0.05) is 23.4 Å². The molecule has 1 aromatic rings. The van der Waals surface area contributed by atoms with Crippen LogP contribution in [-0.4, -0.2) is 24.7 Å². The molecule has 0 amide bonds. The monoisotopic (exact) mass is 251 g/mol. The molecule has 1 aliphatic rings. The van der Waals surface area contributed by atoms with E-state index >= 15 is 0 Å². The smallest absolute Gasteiger partial charge is 0.123 e. The van der Waals surface area contributed by atoms with Gasteiger partial charge in [-0.05, 0) is 25.2 Å². The molecule has 0 atom stereocenters. The number of nitrogens with one attached hydrogen (secondary N) is 1. The molecule has 2 rings (SSSR count). The Morgan fingerprint density at radius 2 is 2.12 bits per heavy atom. The maximum absolute atomic E-state index is 5.35. The van der Waals surface area contributed by atoms with Gasteiger partial charge >= 0.3 is 0 Å². The molecule has 0 aromatic heterocycles. The van der Waals surface area contributed by atoms with E-state index in [2.05, 4.69) is 23.7 Å². The van der Waals surface area contributed by atoms with Gasteiger partial charge in [0.25, 0.3) is 0 Å². The van der Waals surface area contributed by atoms with Crippen molar-refractivity contribution in [3.8, 4) is 5.75 Å². The van der Waals surface area contributed by atoms with Crippen molar-refractivity contribution < 1.29 is 4.74 Å². The molecule has 17 heavy (non-hydrogen) atoms. The molecule has 1 saturated carbocycles. The van der Waals surface area contributed by atoms with Gasteiger partial charge in [-0.15, -0.1) is 0 Å². The maximum atomic E-state index is 5.35. The van der Waals surface area contributed by atoms with Crippen LogP contribution in [0.2, 0.25) is 0 Å². The van der Waals surface area contributed by atoms with Gasteiger partial charge in [-0.2, -0.15) is 11.8 Å². The summed E-state index contributed by atoms with van der Waals surface area (Å²) in [5.41, 5.74) is 1.24. The summed E-state index contributed by atoms with van der Waals surface area (Å²) in [5.74, 6) is 0.979. The van der Waals surface area contributed by atoms with E-state index in [0.29, 0.717) is 4.75 Å². The van der Waals surface area contributed by atoms with Gasteiger partial charge in [0.2, 0.25) is 0 Å². The molecule has 0 spiro atoms. The third-order valence-electron chi connectivity index (χ3n) is 3.65. The number of rotatable bonds is 6. The highest BCUT2D eigenvalue weighted by Crippen LogP contribution is 2.42. The number of hydrogen-bond acceptors (Lipinski definition) is 3. The van der Waals surface area contributed by atoms with Crippen LogP contribution in [0.25, 0.3) is 0 Å². The van der Waals surface area contributed by atoms with Gasteiger partial charge in [0.1, 0.15) is 5.75 Å². The number of hydrogen-bond donors (Lipinski definition) is 1. The Balaban J connectivity index is 1.85. The third kappa shape index (κ3) is 2.96. The highest BCUT2D eigenvalue weighted by atomic mass is 32.2. The second-order valence-corrected chi connectivity index (χ2v) is 5.93. The van der Waals surface area contributed by atoms with E-state index in [1.165, 1.54) is 24.8 Å². The fourth-order valence-electron chi connectivity index (χ4n) is 2.30. The minimum Gasteiger partial charge on any atom is -0.496 e. The zero-order valence-electron chi connectivity index (χ0n) is 10.7. The minimum absolute atomic E-state index is 0.502. The zero-order chi connectivity index (χ0) is 12.1. The van der Waals surface area contributed by atoms with Gasteiger partial charge in [-0.3, -0.25) is 0 Å². The molecular formula is C14H21NOS. The normalized spacial score (nSPS) is 17.5. The van der Waals surface area contributed by atoms with Gasteiger partial charge in [-0.25, -0.2) is 0 Å². The van der Waals surface area contributed by atoms with E-state index in [0.717, 1.165) is 18.8 Å². The summed E-state index contributed by atoms with van der Waals surface area (Å²) in [4.78, 5) is 0. The molecule has 0 unspecified atom stereocenters. The Morgan fingerprint density at radius 1 is 1.35 bits per heavy atom. The molecule has 0 radical (unpaired) electrons. The predicted molar refractivity (Wildman–Crippen MR) is 74.8 cm³/mol. The summed E-state index contributed by atoms with van der Waals surface area (Å²) in [6.07, 6.45) is 6.32. The van der Waals surface area contributed by atoms with Gasteiger partial charge < -0.3 is 10.1 Å². The van der Waals surface area contributed by atoms with Crippen LogP contribution in [0.4, 0.5) is 0 Å². The molecule has 0 saturated heterocycles. The van der Waals surface area contributed by atoms with Crippen molar-refractivity contribution >= 4 is 11.8 Å². The number of benzene rings is 1. The van der Waals surface area contributed by atoms with E-state index in [-0.39, 0.29) is 0 Å². The van der Waals surface area contributed by atoms with Crippen LogP contribution in [0, 0.1) is 0 Å². The van der Waals surface area contributed by atoms with Crippen molar-refractivity contribution in [2.24, 2.45) is 0 Å². The van der Waals surface area contributed by atoms with E-state index in [4.69, 9.17) is 4.74 Å². The molecule has 0 bridgehead atoms. The largest absolute Gasteiger partial charge is 0.496 e. The summed E-state index contributed by atoms with van der Waals surface area (Å²) in [7, 11) is 1.73. The maximum Gasteiger partial charge on any atom is 0.123 e. The Bertz CT molecular complexity index is 357. The first-order valence-corrected chi connectivity index (χ1v) is 7.40. The number of ether oxygens (including phenoxy) is 1. The Morgan fingerprint density at radius 3 is 2.71 bits per heavy atom. The van der Waals surface area contributed by atoms with E-state index in [9.17, 15) is 0 Å². The predicted octanol–water partition coefficient (Wildman–Crippen LogP) is 3.07. The lowest BCUT2D eigenvalue weighted by atomic mass is 9.84. The Labute approximate surface area is 108 Å². The van der Waals surface area contributed by atoms with Crippen LogP contribution < -0.4 is 10.1 Å². The van der Waals surface area contributed by atoms with Crippen LogP contribution >= 0.6 is 11.8 Å². The van der Waals surface area contributed by atoms with Crippen LogP contribution in [0.5, 0.6) is 5.75 Å². The first kappa shape index (κ1) is 12.8. The van der Waals surface area contributed by atoms with Crippen molar-refractivity contribution in [1.82, 2.24) is 5.32 Å². The van der Waals surface area contributed by atoms with Crippen molar-refractivity contribution in [2.45, 2.75) is 30.6 Å². The molecule has 94 valence electrons. The fourth-order valence-corrected chi connectivity index (χ4v) is 3.24. The molecule has 1 aliphatic carbocycles. The molecule has 2 nitrogen and oxygen atoms in total. The lowest BCUT2D eigenvalue weighted by Crippen LogP contribution is -2.43. The van der Waals surface area contributed by atoms with E-state index in [1.807, 2.05) is 23.9 Å². The van der Waals surface area contributed by atoms with Gasteiger partial charge in [0.15, 0.2) is 0 Å². The summed E-state index contributed by atoms with van der Waals surface area (Å²) < 4.78 is 5.85. The SMILES string of the molecule is COc1ccccc1CNCC1(SC)CCC1. The zero-order valence-corrected chi connectivity index (χ0v) is 11.5. The lowest BCUT2D eigenvalue weighted by Gasteiger charge is -2.40. The van der Waals surface area contributed by atoms with Crippen molar-refractivity contribution in [3.05, 3.63) is 29.8 Å². The van der Waals surface area contributed by atoms with Gasteiger partial charge in [-0.1, -0.05) is 24.6 Å². The molecule has 1 aromatic carbocycles. The minimum atomic E-state index is 0.502. The van der Waals surface area contributed by atoms with Crippen LogP contribution in [-0.2, 0) is 6.54 Å². The molecule has 1 N–H and O–H groups in total. The third-order valence-corrected chi connectivity index (χ3v) is 5.07. The number of thioether (sulfide) groups is 1. The molecular weight excluding hydrogens is 230 g/mol. The summed E-state index contributed by atoms with van der Waals surface area (Å²) in [5, 5.41) is 3.57. The Kier molecular flexibility index (Phi) is 4.35. The second kappa shape index (κ2) is 5.78. The fraction of sp³-hybridized carbons (Fsp3) is 0.571. The van der Waals surface area contributed by atoms with Crippen LogP contribution in [0.1, 0.15) is 24.8 Å². The first-order valence-electron chi connectivity index (χ1n) is 6.17. The molecule has 0 aliphatic heterocycles. The highest BCUT2D eigenvalue weighted by molar-refractivity contribution is 8.00. The molecule has 3 heteroatoms. The van der Waals surface area contributed by atoms with Crippen molar-refractivity contribution in [3.63, 3.8) is 0 Å². The summed E-state index contributed by atoms with van der Waals surface area (Å²) in [6.45, 7) is 2.00. The number of para-hydroxylation sites is 1. The van der Waals surface area contributed by atoms with Gasteiger partial charge in [0.05, 0.1) is 7.11 Å². The standard InChI is InChI=1S/C14H21NOS/c1-16-13-7-4-3-6-12(13)10-15-11-14(17-2)8-5-9-14/h3-4,6-7,15H,5,8-11H2,1-2H3. The summed E-state index contributed by atoms with van der Waals surface area (Å²) >= 11 is 2.01. The van der Waals surface area contributed by atoms with Crippen molar-refractivity contribution in [1.29, 1.82) is 0 Å². The van der Waals surface area contributed by atoms with E-state index < -0.39 is 0 Å². The molecule has 0 heterocycles. The van der Waals surface area contributed by atoms with Crippen LogP contribution in [0.3, 0.4) is 0 Å². The number of methoxy groups -OCH3 is 1. The molecule has 1 fully saturated rings.